The average molecular weight is 533 g/mol. The van der Waals surface area contributed by atoms with Gasteiger partial charge in [-0.2, -0.15) is 0 Å². The molecule has 0 aromatic carbocycles. The number of halogens is 1. The third kappa shape index (κ3) is 22.4. The van der Waals surface area contributed by atoms with E-state index in [1.807, 2.05) is 0 Å². The summed E-state index contributed by atoms with van der Waals surface area (Å²) in [7, 11) is 2.13. The molecule has 0 rings (SSSR count). The van der Waals surface area contributed by atoms with Gasteiger partial charge in [-0.25, -0.2) is 9.59 Å². The van der Waals surface area contributed by atoms with Gasteiger partial charge < -0.3 is 30.9 Å². The fraction of sp³-hybridized carbons (Fsp3) is 0.778. The molecule has 194 valence electrons. The average Bonchev–Trinajstić information content (AvgIpc) is 2.79. The van der Waals surface area contributed by atoms with Gasteiger partial charge in [-0.3, -0.25) is 0 Å². The number of nitrogens with zero attached hydrogens (tertiary/aromatic N) is 1. The van der Waals surface area contributed by atoms with Gasteiger partial charge in [0.15, 0.2) is 0 Å². The van der Waals surface area contributed by atoms with Crippen molar-refractivity contribution in [3.8, 4) is 0 Å². The van der Waals surface area contributed by atoms with Crippen molar-refractivity contribution in [2.24, 2.45) is 0 Å². The maximum Gasteiger partial charge on any atom is 0.330 e. The van der Waals surface area contributed by atoms with Gasteiger partial charge in [-0.05, 0) is 12.8 Å². The summed E-state index contributed by atoms with van der Waals surface area (Å²) < 4.78 is 11.0. The summed E-state index contributed by atoms with van der Waals surface area (Å²) in [4.78, 5) is 22.6. The van der Waals surface area contributed by atoms with Crippen LogP contribution in [0.15, 0.2) is 25.3 Å². The minimum atomic E-state index is -0.397. The van der Waals surface area contributed by atoms with E-state index >= 15 is 0 Å². The van der Waals surface area contributed by atoms with Gasteiger partial charge in [0.1, 0.15) is 26.3 Å². The van der Waals surface area contributed by atoms with Crippen LogP contribution in [0.25, 0.3) is 0 Å². The molecule has 0 unspecified atom stereocenters. The Kier molecular flexibility index (Phi) is 24.7. The predicted molar refractivity (Wildman–Crippen MR) is 133 cm³/mol. The first-order valence-electron chi connectivity index (χ1n) is 12.9. The first-order valence-corrected chi connectivity index (χ1v) is 12.9. The quantitative estimate of drug-likeness (QED) is 0.0877. The molecule has 0 amide bonds. The van der Waals surface area contributed by atoms with Crippen molar-refractivity contribution in [2.75, 3.05) is 39.9 Å². The molecule has 0 aromatic heterocycles. The minimum Gasteiger partial charge on any atom is -1.00 e. The molecule has 0 saturated heterocycles. The Balaban J connectivity index is 0. The molecule has 6 heteroatoms. The maximum absolute atomic E-state index is 11.3. The third-order valence-electron chi connectivity index (χ3n) is 6.14. The molecular formula is C27H50BrNO4. The Hall–Kier alpha value is -1.14. The summed E-state index contributed by atoms with van der Waals surface area (Å²) in [5.41, 5.74) is 0. The SMILES string of the molecule is C=CC(=O)OCC[N+](C)(CCCCCCCCCCCCCCCC)CCOC(=O)C=C.[Br-]. The number of unbranched alkanes of at least 4 members (excludes halogenated alkanes) is 13. The van der Waals surface area contributed by atoms with E-state index in [4.69, 9.17) is 9.47 Å². The fourth-order valence-electron chi connectivity index (χ4n) is 3.87. The number of carbonyl (C=O) groups excluding carboxylic acids is 2. The molecule has 0 spiro atoms. The lowest BCUT2D eigenvalue weighted by Crippen LogP contribution is -3.00. The Morgan fingerprint density at radius 1 is 0.636 bits per heavy atom. The number of likely N-dealkylation sites (N-methyl/N-ethyl adjacent to an activating group) is 1. The van der Waals surface area contributed by atoms with Crippen LogP contribution in [0.5, 0.6) is 0 Å². The van der Waals surface area contributed by atoms with Crippen LogP contribution in [0.2, 0.25) is 0 Å². The zero-order valence-corrected chi connectivity index (χ0v) is 23.0. The molecule has 0 saturated carbocycles. The van der Waals surface area contributed by atoms with Gasteiger partial charge in [0.2, 0.25) is 0 Å². The third-order valence-corrected chi connectivity index (χ3v) is 6.14. The van der Waals surface area contributed by atoms with Crippen molar-refractivity contribution < 1.29 is 40.5 Å². The highest BCUT2D eigenvalue weighted by Gasteiger charge is 2.22. The number of hydrogen-bond donors (Lipinski definition) is 0. The number of quaternary nitrogens is 1. The van der Waals surface area contributed by atoms with Gasteiger partial charge >= 0.3 is 11.9 Å². The van der Waals surface area contributed by atoms with Crippen LogP contribution in [-0.2, 0) is 19.1 Å². The molecule has 0 aliphatic carbocycles. The number of ether oxygens (including phenoxy) is 2. The van der Waals surface area contributed by atoms with Crippen molar-refractivity contribution in [2.45, 2.75) is 96.8 Å². The van der Waals surface area contributed by atoms with E-state index in [1.165, 1.54) is 95.6 Å². The summed E-state index contributed by atoms with van der Waals surface area (Å²) in [6.45, 7) is 12.2. The molecule has 0 N–H and O–H groups in total. The number of carbonyl (C=O) groups is 2. The van der Waals surface area contributed by atoms with Gasteiger partial charge in [0.25, 0.3) is 0 Å². The molecule has 0 bridgehead atoms. The monoisotopic (exact) mass is 531 g/mol. The summed E-state index contributed by atoms with van der Waals surface area (Å²) in [6.07, 6.45) is 21.2. The molecule has 0 fully saturated rings. The standard InChI is InChI=1S/C27H50NO4.BrH/c1-5-8-9-10-11-12-13-14-15-16-17-18-19-20-21-28(4,22-24-31-26(29)6-2)23-25-32-27(30)7-3;/h6-7H,2-3,5,8-25H2,1,4H3;1H/q+1;/p-1. The predicted octanol–water partition coefficient (Wildman–Crippen LogP) is 3.38. The van der Waals surface area contributed by atoms with E-state index in [0.29, 0.717) is 30.8 Å². The van der Waals surface area contributed by atoms with Crippen LogP contribution >= 0.6 is 0 Å². The van der Waals surface area contributed by atoms with Crippen LogP contribution in [0.1, 0.15) is 96.8 Å². The highest BCUT2D eigenvalue weighted by molar-refractivity contribution is 5.81. The summed E-state index contributed by atoms with van der Waals surface area (Å²) in [5.74, 6) is -0.794. The summed E-state index contributed by atoms with van der Waals surface area (Å²) >= 11 is 0. The van der Waals surface area contributed by atoms with Gasteiger partial charge in [0.05, 0.1) is 13.6 Å². The highest BCUT2D eigenvalue weighted by atomic mass is 79.9. The van der Waals surface area contributed by atoms with Crippen LogP contribution in [-0.4, -0.2) is 56.3 Å². The van der Waals surface area contributed by atoms with Gasteiger partial charge in [0, 0.05) is 12.2 Å². The summed E-state index contributed by atoms with van der Waals surface area (Å²) in [5, 5.41) is 0. The Labute approximate surface area is 214 Å². The van der Waals surface area contributed by atoms with Crippen molar-refractivity contribution in [3.63, 3.8) is 0 Å². The molecule has 0 atom stereocenters. The Bertz CT molecular complexity index is 484. The van der Waals surface area contributed by atoms with E-state index in [9.17, 15) is 9.59 Å². The largest absolute Gasteiger partial charge is 1.00 e. The normalized spacial score (nSPS) is 10.8. The lowest BCUT2D eigenvalue weighted by Gasteiger charge is -2.34. The fourth-order valence-corrected chi connectivity index (χ4v) is 3.87. The first kappa shape index (κ1) is 34.0. The van der Waals surface area contributed by atoms with E-state index in [1.54, 1.807) is 0 Å². The van der Waals surface area contributed by atoms with Gasteiger partial charge in [-0.15, -0.1) is 0 Å². The van der Waals surface area contributed by atoms with Crippen LogP contribution < -0.4 is 17.0 Å². The summed E-state index contributed by atoms with van der Waals surface area (Å²) in [6, 6.07) is 0. The second-order valence-electron chi connectivity index (χ2n) is 9.13. The molecule has 0 aromatic rings. The Morgan fingerprint density at radius 3 is 1.30 bits per heavy atom. The minimum absolute atomic E-state index is 0. The van der Waals surface area contributed by atoms with E-state index in [-0.39, 0.29) is 17.0 Å². The van der Waals surface area contributed by atoms with Crippen LogP contribution in [0.3, 0.4) is 0 Å². The molecule has 0 aliphatic heterocycles. The highest BCUT2D eigenvalue weighted by Crippen LogP contribution is 2.14. The van der Waals surface area contributed by atoms with E-state index in [2.05, 4.69) is 27.1 Å². The lowest BCUT2D eigenvalue weighted by atomic mass is 10.0. The molecule has 0 heterocycles. The van der Waals surface area contributed by atoms with Crippen LogP contribution in [0, 0.1) is 0 Å². The van der Waals surface area contributed by atoms with E-state index < -0.39 is 11.9 Å². The molecule has 33 heavy (non-hydrogen) atoms. The first-order chi connectivity index (χ1) is 15.5. The second-order valence-corrected chi connectivity index (χ2v) is 9.13. The number of rotatable bonds is 23. The van der Waals surface area contributed by atoms with Crippen molar-refractivity contribution in [3.05, 3.63) is 25.3 Å². The maximum atomic E-state index is 11.3. The Morgan fingerprint density at radius 2 is 0.970 bits per heavy atom. The second kappa shape index (κ2) is 24.0. The number of esters is 2. The molecule has 5 nitrogen and oxygen atoms in total. The molecule has 0 aliphatic rings. The van der Waals surface area contributed by atoms with Crippen molar-refractivity contribution >= 4 is 11.9 Å². The lowest BCUT2D eigenvalue weighted by molar-refractivity contribution is -0.910. The van der Waals surface area contributed by atoms with Crippen molar-refractivity contribution in [1.82, 2.24) is 0 Å². The van der Waals surface area contributed by atoms with E-state index in [0.717, 1.165) is 13.0 Å². The van der Waals surface area contributed by atoms with Gasteiger partial charge in [-0.1, -0.05) is 97.1 Å². The van der Waals surface area contributed by atoms with Crippen molar-refractivity contribution in [1.29, 1.82) is 0 Å². The number of hydrogen-bond acceptors (Lipinski definition) is 4. The molecular weight excluding hydrogens is 482 g/mol. The molecule has 0 radical (unpaired) electrons. The smallest absolute Gasteiger partial charge is 0.330 e. The zero-order chi connectivity index (χ0) is 23.9. The van der Waals surface area contributed by atoms with Crippen LogP contribution in [0.4, 0.5) is 0 Å². The topological polar surface area (TPSA) is 52.6 Å². The zero-order valence-electron chi connectivity index (χ0n) is 21.5.